The Kier molecular flexibility index (Phi) is 4.17. The van der Waals surface area contributed by atoms with Crippen molar-refractivity contribution in [1.29, 1.82) is 0 Å². The summed E-state index contributed by atoms with van der Waals surface area (Å²) in [4.78, 5) is 22.8. The Bertz CT molecular complexity index is 370. The zero-order valence-electron chi connectivity index (χ0n) is 12.6. The predicted molar refractivity (Wildman–Crippen MR) is 71.8 cm³/mol. The molecule has 2 N–H and O–H groups in total. The molecule has 0 heterocycles. The first-order valence-corrected chi connectivity index (χ1v) is 6.67. The first-order valence-electron chi connectivity index (χ1n) is 6.67. The Labute approximate surface area is 114 Å². The molecule has 1 rings (SSSR count). The average Bonchev–Trinajstić information content (AvgIpc) is 2.11. The smallest absolute Gasteiger partial charge is 0.404 e. The Morgan fingerprint density at radius 2 is 1.89 bits per heavy atom. The van der Waals surface area contributed by atoms with Crippen LogP contribution in [0.25, 0.3) is 0 Å². The molecule has 110 valence electrons. The van der Waals surface area contributed by atoms with Crippen LogP contribution in [0.4, 0.5) is 4.79 Å². The van der Waals surface area contributed by atoms with E-state index in [4.69, 9.17) is 9.84 Å². The molecule has 0 radical (unpaired) electrons. The van der Waals surface area contributed by atoms with E-state index in [1.54, 1.807) is 0 Å². The van der Waals surface area contributed by atoms with Crippen LogP contribution in [-0.4, -0.2) is 28.8 Å². The first-order chi connectivity index (χ1) is 8.45. The molecule has 1 unspecified atom stereocenters. The summed E-state index contributed by atoms with van der Waals surface area (Å²) >= 11 is 0. The van der Waals surface area contributed by atoms with Crippen LogP contribution < -0.4 is 5.32 Å². The standard InChI is InChI=1S/C14H25NO4/c1-8(15-12(17)18)9-7-10(14(9,5)6)11(16)19-13(2,3)4/h8-10,15H,7H2,1-6H3,(H,17,18)/t8?,9-,10+/m0/s1. The molecule has 0 aliphatic heterocycles. The number of carboxylic acid groups (broad SMARTS) is 1. The lowest BCUT2D eigenvalue weighted by Gasteiger charge is -2.53. The molecule has 1 aliphatic rings. The minimum atomic E-state index is -1.02. The number of ether oxygens (including phenoxy) is 1. The van der Waals surface area contributed by atoms with Gasteiger partial charge in [0.2, 0.25) is 0 Å². The van der Waals surface area contributed by atoms with Crippen molar-refractivity contribution in [2.24, 2.45) is 17.3 Å². The lowest BCUT2D eigenvalue weighted by Crippen LogP contribution is -2.57. The van der Waals surface area contributed by atoms with E-state index in [1.807, 2.05) is 41.5 Å². The average molecular weight is 271 g/mol. The third kappa shape index (κ3) is 3.61. The fraction of sp³-hybridized carbons (Fsp3) is 0.857. The molecule has 0 aromatic carbocycles. The van der Waals surface area contributed by atoms with Gasteiger partial charge in [0.1, 0.15) is 5.60 Å². The van der Waals surface area contributed by atoms with E-state index < -0.39 is 11.7 Å². The van der Waals surface area contributed by atoms with Crippen LogP contribution in [0.2, 0.25) is 0 Å². The van der Waals surface area contributed by atoms with Crippen LogP contribution in [0.1, 0.15) is 48.0 Å². The van der Waals surface area contributed by atoms with Crippen molar-refractivity contribution in [1.82, 2.24) is 5.32 Å². The van der Waals surface area contributed by atoms with Crippen molar-refractivity contribution in [3.8, 4) is 0 Å². The van der Waals surface area contributed by atoms with Crippen molar-refractivity contribution >= 4 is 12.1 Å². The number of carbonyl (C=O) groups excluding carboxylic acids is 1. The third-order valence-electron chi connectivity index (χ3n) is 3.99. The van der Waals surface area contributed by atoms with Crippen LogP contribution in [0, 0.1) is 17.3 Å². The molecular weight excluding hydrogens is 246 g/mol. The molecule has 1 fully saturated rings. The van der Waals surface area contributed by atoms with E-state index >= 15 is 0 Å². The fourth-order valence-electron chi connectivity index (χ4n) is 2.88. The summed E-state index contributed by atoms with van der Waals surface area (Å²) in [7, 11) is 0. The molecule has 3 atom stereocenters. The van der Waals surface area contributed by atoms with Gasteiger partial charge in [0.05, 0.1) is 5.92 Å². The molecule has 1 saturated carbocycles. The number of esters is 1. The van der Waals surface area contributed by atoms with Gasteiger partial charge in [-0.3, -0.25) is 4.79 Å². The number of hydrogen-bond donors (Lipinski definition) is 2. The number of hydrogen-bond acceptors (Lipinski definition) is 3. The third-order valence-corrected chi connectivity index (χ3v) is 3.99. The Hall–Kier alpha value is -1.26. The summed E-state index contributed by atoms with van der Waals surface area (Å²) < 4.78 is 5.41. The lowest BCUT2D eigenvalue weighted by atomic mass is 9.52. The monoisotopic (exact) mass is 271 g/mol. The molecule has 5 heteroatoms. The molecular formula is C14H25NO4. The summed E-state index contributed by atoms with van der Waals surface area (Å²) in [5.74, 6) is -0.188. The van der Waals surface area contributed by atoms with E-state index in [-0.39, 0.29) is 29.3 Å². The second-order valence-corrected chi connectivity index (χ2v) is 6.99. The Morgan fingerprint density at radius 1 is 1.37 bits per heavy atom. The second kappa shape index (κ2) is 5.02. The van der Waals surface area contributed by atoms with E-state index in [1.165, 1.54) is 0 Å². The van der Waals surface area contributed by atoms with Gasteiger partial charge in [-0.1, -0.05) is 13.8 Å². The number of amides is 1. The summed E-state index contributed by atoms with van der Waals surface area (Å²) in [5.41, 5.74) is -0.729. The molecule has 0 aromatic rings. The van der Waals surface area contributed by atoms with Crippen LogP contribution in [-0.2, 0) is 9.53 Å². The van der Waals surface area contributed by atoms with Crippen molar-refractivity contribution in [2.45, 2.75) is 59.6 Å². The van der Waals surface area contributed by atoms with Crippen molar-refractivity contribution in [3.63, 3.8) is 0 Å². The van der Waals surface area contributed by atoms with Gasteiger partial charge in [0, 0.05) is 6.04 Å². The van der Waals surface area contributed by atoms with Crippen molar-refractivity contribution in [3.05, 3.63) is 0 Å². The number of rotatable bonds is 3. The highest BCUT2D eigenvalue weighted by Crippen LogP contribution is 2.53. The van der Waals surface area contributed by atoms with E-state index in [9.17, 15) is 9.59 Å². The summed E-state index contributed by atoms with van der Waals surface area (Å²) in [5, 5.41) is 11.2. The second-order valence-electron chi connectivity index (χ2n) is 6.99. The van der Waals surface area contributed by atoms with Crippen LogP contribution in [0.5, 0.6) is 0 Å². The largest absolute Gasteiger partial charge is 0.465 e. The first kappa shape index (κ1) is 15.8. The number of carbonyl (C=O) groups is 2. The maximum atomic E-state index is 12.1. The van der Waals surface area contributed by atoms with Crippen LogP contribution >= 0.6 is 0 Å². The molecule has 1 amide bonds. The quantitative estimate of drug-likeness (QED) is 0.774. The zero-order chi connectivity index (χ0) is 15.0. The van der Waals surface area contributed by atoms with Crippen LogP contribution in [0.3, 0.4) is 0 Å². The maximum absolute atomic E-state index is 12.1. The Morgan fingerprint density at radius 3 is 2.26 bits per heavy atom. The van der Waals surface area contributed by atoms with Gasteiger partial charge in [-0.2, -0.15) is 0 Å². The van der Waals surface area contributed by atoms with E-state index in [0.717, 1.165) is 0 Å². The summed E-state index contributed by atoms with van der Waals surface area (Å²) in [6, 6.07) is -0.161. The topological polar surface area (TPSA) is 75.6 Å². The predicted octanol–water partition coefficient (Wildman–Crippen LogP) is 2.65. The van der Waals surface area contributed by atoms with Crippen molar-refractivity contribution in [2.75, 3.05) is 0 Å². The number of nitrogens with one attached hydrogen (secondary N) is 1. The lowest BCUT2D eigenvalue weighted by molar-refractivity contribution is -0.178. The highest BCUT2D eigenvalue weighted by Gasteiger charge is 2.54. The normalized spacial score (nSPS) is 27.1. The zero-order valence-corrected chi connectivity index (χ0v) is 12.6. The van der Waals surface area contributed by atoms with E-state index in [0.29, 0.717) is 6.42 Å². The van der Waals surface area contributed by atoms with Gasteiger partial charge in [0.25, 0.3) is 0 Å². The molecule has 0 spiro atoms. The fourth-order valence-corrected chi connectivity index (χ4v) is 2.88. The van der Waals surface area contributed by atoms with Gasteiger partial charge in [-0.15, -0.1) is 0 Å². The van der Waals surface area contributed by atoms with Gasteiger partial charge < -0.3 is 15.2 Å². The summed E-state index contributed by atoms with van der Waals surface area (Å²) in [6.07, 6.45) is -0.354. The summed E-state index contributed by atoms with van der Waals surface area (Å²) in [6.45, 7) is 11.4. The molecule has 5 nitrogen and oxygen atoms in total. The minimum Gasteiger partial charge on any atom is -0.465 e. The highest BCUT2D eigenvalue weighted by molar-refractivity contribution is 5.75. The minimum absolute atomic E-state index is 0.154. The van der Waals surface area contributed by atoms with Gasteiger partial charge in [0.15, 0.2) is 0 Å². The van der Waals surface area contributed by atoms with Gasteiger partial charge in [-0.25, -0.2) is 4.79 Å². The molecule has 0 saturated heterocycles. The van der Waals surface area contributed by atoms with E-state index in [2.05, 4.69) is 5.32 Å². The van der Waals surface area contributed by atoms with Gasteiger partial charge >= 0.3 is 12.1 Å². The van der Waals surface area contributed by atoms with Gasteiger partial charge in [-0.05, 0) is 45.4 Å². The molecule has 0 aromatic heterocycles. The maximum Gasteiger partial charge on any atom is 0.404 e. The molecule has 19 heavy (non-hydrogen) atoms. The van der Waals surface area contributed by atoms with Crippen LogP contribution in [0.15, 0.2) is 0 Å². The SMILES string of the molecule is CC(NC(=O)O)[C@@H]1C[C@H](C(=O)OC(C)(C)C)C1(C)C. The molecule has 1 aliphatic carbocycles. The highest BCUT2D eigenvalue weighted by atomic mass is 16.6. The van der Waals surface area contributed by atoms with Crippen molar-refractivity contribution < 1.29 is 19.4 Å². The molecule has 0 bridgehead atoms. The Balaban J connectivity index is 2.64.